The summed E-state index contributed by atoms with van der Waals surface area (Å²) in [6.45, 7) is 3.97. The molecule has 2 aromatic heterocycles. The average molecular weight is 373 g/mol. The summed E-state index contributed by atoms with van der Waals surface area (Å²) in [4.78, 5) is 22.1. The van der Waals surface area contributed by atoms with Crippen molar-refractivity contribution in [2.75, 3.05) is 18.5 Å². The van der Waals surface area contributed by atoms with Crippen LogP contribution in [0.4, 0.5) is 5.95 Å². The number of nitrogens with one attached hydrogen (secondary N) is 1. The van der Waals surface area contributed by atoms with E-state index >= 15 is 0 Å². The van der Waals surface area contributed by atoms with Gasteiger partial charge in [0.25, 0.3) is 5.56 Å². The van der Waals surface area contributed by atoms with E-state index in [1.54, 1.807) is 17.8 Å². The molecule has 1 aromatic carbocycles. The van der Waals surface area contributed by atoms with E-state index in [1.165, 1.54) is 0 Å². The van der Waals surface area contributed by atoms with Gasteiger partial charge in [-0.05, 0) is 42.4 Å². The van der Waals surface area contributed by atoms with Gasteiger partial charge in [-0.1, -0.05) is 36.4 Å². The smallest absolute Gasteiger partial charge is 0.259 e. The fraction of sp³-hybridized carbons (Fsp3) is 0.318. The number of hydrazine groups is 1. The Hall–Kier alpha value is -2.99. The van der Waals surface area contributed by atoms with E-state index in [1.807, 2.05) is 37.3 Å². The minimum atomic E-state index is -0.0488. The van der Waals surface area contributed by atoms with Crippen molar-refractivity contribution in [3.05, 3.63) is 64.6 Å². The van der Waals surface area contributed by atoms with Gasteiger partial charge in [0, 0.05) is 37.3 Å². The van der Waals surface area contributed by atoms with Gasteiger partial charge in [-0.15, -0.1) is 0 Å². The summed E-state index contributed by atoms with van der Waals surface area (Å²) in [7, 11) is 1.77. The van der Waals surface area contributed by atoms with Crippen LogP contribution in [0.2, 0.25) is 0 Å². The molecule has 6 heteroatoms. The van der Waals surface area contributed by atoms with Crippen molar-refractivity contribution >= 4 is 17.0 Å². The van der Waals surface area contributed by atoms with E-state index in [0.29, 0.717) is 29.0 Å². The molecule has 0 bridgehead atoms. The monoisotopic (exact) mass is 373 g/mol. The Morgan fingerprint density at radius 1 is 1.18 bits per heavy atom. The van der Waals surface area contributed by atoms with Crippen LogP contribution < -0.4 is 11.0 Å². The number of allylic oxidation sites excluding steroid dienone is 1. The van der Waals surface area contributed by atoms with E-state index < -0.39 is 0 Å². The van der Waals surface area contributed by atoms with Crippen LogP contribution in [0.15, 0.2) is 53.5 Å². The van der Waals surface area contributed by atoms with Gasteiger partial charge in [0.15, 0.2) is 0 Å². The van der Waals surface area contributed by atoms with Gasteiger partial charge < -0.3 is 0 Å². The first kappa shape index (κ1) is 17.1. The Bertz CT molecular complexity index is 1150. The summed E-state index contributed by atoms with van der Waals surface area (Å²) in [6, 6.07) is 9.83. The highest BCUT2D eigenvalue weighted by Crippen LogP contribution is 2.32. The van der Waals surface area contributed by atoms with Crippen LogP contribution in [0.25, 0.3) is 22.2 Å². The van der Waals surface area contributed by atoms with Gasteiger partial charge in [-0.2, -0.15) is 4.98 Å². The molecule has 1 fully saturated rings. The summed E-state index contributed by atoms with van der Waals surface area (Å²) >= 11 is 0. The van der Waals surface area contributed by atoms with Crippen molar-refractivity contribution in [3.8, 4) is 11.1 Å². The van der Waals surface area contributed by atoms with Crippen LogP contribution in [-0.2, 0) is 7.05 Å². The van der Waals surface area contributed by atoms with Crippen molar-refractivity contribution < 1.29 is 0 Å². The minimum absolute atomic E-state index is 0.0488. The van der Waals surface area contributed by atoms with Crippen molar-refractivity contribution in [1.82, 2.24) is 19.5 Å². The van der Waals surface area contributed by atoms with Gasteiger partial charge in [-0.25, -0.2) is 9.99 Å². The number of fused-ring (bicyclic) bond motifs is 2. The number of aryl methyl sites for hydroxylation is 2. The van der Waals surface area contributed by atoms with E-state index in [4.69, 9.17) is 0 Å². The minimum Gasteiger partial charge on any atom is -0.295 e. The number of aromatic nitrogens is 3. The number of hydrogen-bond acceptors (Lipinski definition) is 5. The molecule has 1 N–H and O–H groups in total. The first-order chi connectivity index (χ1) is 13.6. The molecular weight excluding hydrogens is 350 g/mol. The third-order valence-corrected chi connectivity index (χ3v) is 5.96. The van der Waals surface area contributed by atoms with Crippen molar-refractivity contribution in [2.45, 2.75) is 13.3 Å². The number of nitrogens with zero attached hydrogens (tertiary/aromatic N) is 4. The molecule has 6 nitrogen and oxygen atoms in total. The molecular formula is C22H23N5O. The van der Waals surface area contributed by atoms with Gasteiger partial charge >= 0.3 is 0 Å². The zero-order valence-electron chi connectivity index (χ0n) is 16.1. The third kappa shape index (κ3) is 2.81. The maximum absolute atomic E-state index is 13.0. The van der Waals surface area contributed by atoms with Crippen LogP contribution in [0, 0.1) is 18.8 Å². The Morgan fingerprint density at radius 3 is 2.86 bits per heavy atom. The Labute approximate surface area is 163 Å². The fourth-order valence-corrected chi connectivity index (χ4v) is 4.39. The van der Waals surface area contributed by atoms with Crippen LogP contribution in [-0.4, -0.2) is 32.6 Å². The number of benzene rings is 1. The predicted molar refractivity (Wildman–Crippen MR) is 111 cm³/mol. The first-order valence-electron chi connectivity index (χ1n) is 9.71. The molecule has 1 aliphatic carbocycles. The number of pyridine rings is 1. The molecule has 2 unspecified atom stereocenters. The molecule has 142 valence electrons. The summed E-state index contributed by atoms with van der Waals surface area (Å²) in [5.74, 6) is 1.85. The highest BCUT2D eigenvalue weighted by molar-refractivity contribution is 5.82. The van der Waals surface area contributed by atoms with Gasteiger partial charge in [0.2, 0.25) is 5.95 Å². The molecule has 0 amide bonds. The summed E-state index contributed by atoms with van der Waals surface area (Å²) < 4.78 is 1.62. The van der Waals surface area contributed by atoms with Gasteiger partial charge in [-0.3, -0.25) is 14.8 Å². The van der Waals surface area contributed by atoms with Crippen LogP contribution in [0.1, 0.15) is 12.0 Å². The van der Waals surface area contributed by atoms with Crippen LogP contribution in [0.5, 0.6) is 0 Å². The highest BCUT2D eigenvalue weighted by atomic mass is 16.1. The maximum Gasteiger partial charge on any atom is 0.259 e. The standard InChI is InChI=1S/C22H23N5O/c1-14-6-3-4-9-18(14)19-10-17-11-23-22(24-20(17)26(2)21(19)28)25-27-12-15-7-5-8-16(15)13-27/h3-7,9-11,15-16H,8,12-13H2,1-2H3,(H,23,24,25). The zero-order valence-corrected chi connectivity index (χ0v) is 16.1. The molecule has 1 aliphatic heterocycles. The van der Waals surface area contributed by atoms with Crippen molar-refractivity contribution in [2.24, 2.45) is 18.9 Å². The van der Waals surface area contributed by atoms with E-state index in [0.717, 1.165) is 36.0 Å². The summed E-state index contributed by atoms with van der Waals surface area (Å²) in [5.41, 5.74) is 6.62. The molecule has 0 spiro atoms. The lowest BCUT2D eigenvalue weighted by atomic mass is 10.0. The summed E-state index contributed by atoms with van der Waals surface area (Å²) in [6.07, 6.45) is 7.53. The molecule has 1 saturated heterocycles. The Kier molecular flexibility index (Phi) is 4.02. The second kappa shape index (κ2) is 6.56. The zero-order chi connectivity index (χ0) is 19.3. The van der Waals surface area contributed by atoms with E-state index in [2.05, 4.69) is 32.6 Å². The molecule has 2 atom stereocenters. The highest BCUT2D eigenvalue weighted by Gasteiger charge is 2.33. The van der Waals surface area contributed by atoms with Gasteiger partial charge in [0.05, 0.1) is 0 Å². The molecule has 3 heterocycles. The summed E-state index contributed by atoms with van der Waals surface area (Å²) in [5, 5.41) is 3.03. The molecule has 3 aromatic rings. The van der Waals surface area contributed by atoms with Gasteiger partial charge in [0.1, 0.15) is 5.65 Å². The molecule has 0 radical (unpaired) electrons. The maximum atomic E-state index is 13.0. The lowest BCUT2D eigenvalue weighted by Crippen LogP contribution is -2.29. The lowest BCUT2D eigenvalue weighted by Gasteiger charge is -2.18. The number of rotatable bonds is 3. The second-order valence-corrected chi connectivity index (χ2v) is 7.81. The van der Waals surface area contributed by atoms with Crippen LogP contribution in [0.3, 0.4) is 0 Å². The molecule has 0 saturated carbocycles. The quantitative estimate of drug-likeness (QED) is 0.715. The van der Waals surface area contributed by atoms with Crippen molar-refractivity contribution in [1.29, 1.82) is 0 Å². The Morgan fingerprint density at radius 2 is 2.04 bits per heavy atom. The average Bonchev–Trinajstić information content (AvgIpc) is 3.27. The SMILES string of the molecule is Cc1ccccc1-c1cc2cnc(NN3CC4C=CCC4C3)nc2n(C)c1=O. The number of hydrogen-bond donors (Lipinski definition) is 1. The molecule has 28 heavy (non-hydrogen) atoms. The Balaban J connectivity index is 1.50. The first-order valence-corrected chi connectivity index (χ1v) is 9.71. The van der Waals surface area contributed by atoms with Crippen LogP contribution >= 0.6 is 0 Å². The largest absolute Gasteiger partial charge is 0.295 e. The normalized spacial score (nSPS) is 21.4. The van der Waals surface area contributed by atoms with E-state index in [-0.39, 0.29) is 5.56 Å². The molecule has 5 rings (SSSR count). The predicted octanol–water partition coefficient (Wildman–Crippen LogP) is 3.14. The number of anilines is 1. The third-order valence-electron chi connectivity index (χ3n) is 5.96. The topological polar surface area (TPSA) is 63.1 Å². The molecule has 2 aliphatic rings. The van der Waals surface area contributed by atoms with E-state index in [9.17, 15) is 4.79 Å². The fourth-order valence-electron chi connectivity index (χ4n) is 4.39. The second-order valence-electron chi connectivity index (χ2n) is 7.81. The van der Waals surface area contributed by atoms with Crippen molar-refractivity contribution in [3.63, 3.8) is 0 Å². The lowest BCUT2D eigenvalue weighted by molar-refractivity contribution is 0.384.